The van der Waals surface area contributed by atoms with E-state index >= 15 is 0 Å². The number of aromatic hydroxyl groups is 1. The minimum atomic E-state index is -0.385. The number of amides is 2. The maximum atomic E-state index is 13.6. The summed E-state index contributed by atoms with van der Waals surface area (Å²) in [5, 5.41) is 13.5. The Hall–Kier alpha value is -4.49. The third-order valence-electron chi connectivity index (χ3n) is 6.91. The normalized spacial score (nSPS) is 13.6. The average Bonchev–Trinajstić information content (AvgIpc) is 2.98. The largest absolute Gasteiger partial charge is 0.506 e. The molecule has 0 bridgehead atoms. The molecule has 0 aromatic heterocycles. The van der Waals surface area contributed by atoms with Gasteiger partial charge in [0, 0.05) is 36.6 Å². The van der Waals surface area contributed by atoms with Crippen LogP contribution in [0.15, 0.2) is 97.1 Å². The van der Waals surface area contributed by atoms with Gasteiger partial charge in [-0.2, -0.15) is 0 Å². The number of carbonyl (C=O) groups is 2. The summed E-state index contributed by atoms with van der Waals surface area (Å²) in [6, 6.07) is 27.1. The van der Waals surface area contributed by atoms with Crippen LogP contribution in [-0.4, -0.2) is 36.7 Å². The zero-order valence-corrected chi connectivity index (χ0v) is 21.3. The molecule has 1 saturated heterocycles. The smallest absolute Gasteiger partial charge is 0.258 e. The van der Waals surface area contributed by atoms with E-state index in [0.717, 1.165) is 24.0 Å². The molecule has 0 spiro atoms. The fourth-order valence-corrected chi connectivity index (χ4v) is 4.78. The number of hydrogen-bond donors (Lipinski definition) is 2. The number of phenolic OH excluding ortho intramolecular Hbond substituents is 1. The predicted octanol–water partition coefficient (Wildman–Crippen LogP) is 6.52. The fraction of sp³-hybridized carbons (Fsp3) is 0.188. The van der Waals surface area contributed by atoms with Crippen LogP contribution < -0.4 is 10.2 Å². The van der Waals surface area contributed by atoms with Crippen LogP contribution in [0.25, 0.3) is 11.1 Å². The number of nitrogens with zero attached hydrogens (tertiary/aromatic N) is 1. The first-order valence-electron chi connectivity index (χ1n) is 12.9. The van der Waals surface area contributed by atoms with Crippen molar-refractivity contribution < 1.29 is 23.8 Å². The Bertz CT molecular complexity index is 1450. The van der Waals surface area contributed by atoms with Crippen molar-refractivity contribution in [2.45, 2.75) is 12.8 Å². The molecule has 2 amide bonds. The first kappa shape index (κ1) is 26.1. The van der Waals surface area contributed by atoms with Crippen LogP contribution in [0.4, 0.5) is 15.8 Å². The van der Waals surface area contributed by atoms with Gasteiger partial charge in [-0.15, -0.1) is 0 Å². The number of halogens is 1. The van der Waals surface area contributed by atoms with Gasteiger partial charge in [-0.1, -0.05) is 48.5 Å². The summed E-state index contributed by atoms with van der Waals surface area (Å²) in [4.78, 5) is 28.4. The van der Waals surface area contributed by atoms with E-state index in [2.05, 4.69) is 5.32 Å². The van der Waals surface area contributed by atoms with Crippen molar-refractivity contribution >= 4 is 23.2 Å². The number of anilines is 2. The average molecular weight is 525 g/mol. The third kappa shape index (κ3) is 6.16. The minimum absolute atomic E-state index is 0.192. The highest BCUT2D eigenvalue weighted by Gasteiger charge is 2.25. The Morgan fingerprint density at radius 1 is 0.897 bits per heavy atom. The van der Waals surface area contributed by atoms with Crippen LogP contribution in [-0.2, 0) is 4.74 Å². The van der Waals surface area contributed by atoms with E-state index in [0.29, 0.717) is 31.0 Å². The van der Waals surface area contributed by atoms with Crippen LogP contribution in [0.5, 0.6) is 5.75 Å². The molecular weight excluding hydrogens is 495 g/mol. The van der Waals surface area contributed by atoms with Gasteiger partial charge in [-0.05, 0) is 78.4 Å². The second-order valence-electron chi connectivity index (χ2n) is 9.55. The van der Waals surface area contributed by atoms with Crippen molar-refractivity contribution in [3.63, 3.8) is 0 Å². The molecule has 1 aliphatic heterocycles. The SMILES string of the molecule is O=C(Nc1ccc(C(=O)N(CC2CCOCC2)c2ccc(F)cc2)cc1O)c1ccccc1-c1ccccc1. The number of hydrogen-bond acceptors (Lipinski definition) is 4. The topological polar surface area (TPSA) is 78.9 Å². The molecule has 4 aromatic rings. The number of phenols is 1. The number of benzene rings is 4. The number of nitrogens with one attached hydrogen (secondary N) is 1. The first-order valence-corrected chi connectivity index (χ1v) is 12.9. The van der Waals surface area contributed by atoms with E-state index in [1.165, 1.54) is 24.3 Å². The molecule has 0 unspecified atom stereocenters. The second kappa shape index (κ2) is 11.9. The monoisotopic (exact) mass is 524 g/mol. The van der Waals surface area contributed by atoms with Gasteiger partial charge in [-0.3, -0.25) is 9.59 Å². The molecule has 0 saturated carbocycles. The van der Waals surface area contributed by atoms with Crippen molar-refractivity contribution in [2.24, 2.45) is 5.92 Å². The molecule has 4 aromatic carbocycles. The van der Waals surface area contributed by atoms with Gasteiger partial charge in [0.1, 0.15) is 11.6 Å². The quantitative estimate of drug-likeness (QED) is 0.270. The summed E-state index contributed by atoms with van der Waals surface area (Å²) in [7, 11) is 0. The van der Waals surface area contributed by atoms with Crippen LogP contribution in [0.1, 0.15) is 33.6 Å². The summed E-state index contributed by atoms with van der Waals surface area (Å²) in [5.74, 6) is -1.07. The van der Waals surface area contributed by atoms with Crippen LogP contribution >= 0.6 is 0 Å². The molecule has 198 valence electrons. The molecule has 1 fully saturated rings. The Balaban J connectivity index is 1.37. The van der Waals surface area contributed by atoms with E-state index < -0.39 is 0 Å². The van der Waals surface area contributed by atoms with Crippen molar-refractivity contribution in [2.75, 3.05) is 30.0 Å². The Labute approximate surface area is 226 Å². The Morgan fingerprint density at radius 3 is 2.31 bits per heavy atom. The Morgan fingerprint density at radius 2 is 1.59 bits per heavy atom. The summed E-state index contributed by atoms with van der Waals surface area (Å²) >= 11 is 0. The zero-order chi connectivity index (χ0) is 27.2. The van der Waals surface area contributed by atoms with Crippen LogP contribution in [0.2, 0.25) is 0 Å². The molecule has 0 radical (unpaired) electrons. The highest BCUT2D eigenvalue weighted by atomic mass is 19.1. The maximum absolute atomic E-state index is 13.6. The molecule has 2 N–H and O–H groups in total. The molecule has 7 heteroatoms. The number of rotatable bonds is 7. The molecular formula is C32H29FN2O4. The lowest BCUT2D eigenvalue weighted by Crippen LogP contribution is -2.37. The van der Waals surface area contributed by atoms with Crippen molar-refractivity contribution in [3.8, 4) is 16.9 Å². The molecule has 1 aliphatic rings. The van der Waals surface area contributed by atoms with Gasteiger partial charge >= 0.3 is 0 Å². The van der Waals surface area contributed by atoms with E-state index in [9.17, 15) is 19.1 Å². The predicted molar refractivity (Wildman–Crippen MR) is 150 cm³/mol. The van der Waals surface area contributed by atoms with Crippen molar-refractivity contribution in [1.82, 2.24) is 0 Å². The second-order valence-corrected chi connectivity index (χ2v) is 9.55. The van der Waals surface area contributed by atoms with E-state index in [1.54, 1.807) is 35.2 Å². The lowest BCUT2D eigenvalue weighted by atomic mass is 9.98. The van der Waals surface area contributed by atoms with Gasteiger partial charge < -0.3 is 20.1 Å². The van der Waals surface area contributed by atoms with E-state index in [4.69, 9.17) is 4.74 Å². The molecule has 39 heavy (non-hydrogen) atoms. The third-order valence-corrected chi connectivity index (χ3v) is 6.91. The van der Waals surface area contributed by atoms with Gasteiger partial charge in [0.25, 0.3) is 11.8 Å². The zero-order valence-electron chi connectivity index (χ0n) is 21.3. The molecule has 5 rings (SSSR count). The van der Waals surface area contributed by atoms with Crippen molar-refractivity contribution in [3.05, 3.63) is 114 Å². The van der Waals surface area contributed by atoms with Gasteiger partial charge in [0.05, 0.1) is 5.69 Å². The molecule has 0 atom stereocenters. The summed E-state index contributed by atoms with van der Waals surface area (Å²) in [6.07, 6.45) is 1.65. The van der Waals surface area contributed by atoms with Gasteiger partial charge in [0.2, 0.25) is 0 Å². The summed E-state index contributed by atoms with van der Waals surface area (Å²) < 4.78 is 19.0. The highest BCUT2D eigenvalue weighted by Crippen LogP contribution is 2.30. The molecule has 1 heterocycles. The fourth-order valence-electron chi connectivity index (χ4n) is 4.78. The molecule has 6 nitrogen and oxygen atoms in total. The summed E-state index contributed by atoms with van der Waals surface area (Å²) in [5.41, 5.74) is 3.15. The maximum Gasteiger partial charge on any atom is 0.258 e. The summed E-state index contributed by atoms with van der Waals surface area (Å²) in [6.45, 7) is 1.72. The van der Waals surface area contributed by atoms with Crippen LogP contribution in [0.3, 0.4) is 0 Å². The lowest BCUT2D eigenvalue weighted by molar-refractivity contribution is 0.0668. The lowest BCUT2D eigenvalue weighted by Gasteiger charge is -2.30. The van der Waals surface area contributed by atoms with E-state index in [-0.39, 0.29) is 40.5 Å². The first-order chi connectivity index (χ1) is 19.0. The number of carbonyl (C=O) groups excluding carboxylic acids is 2. The Kier molecular flexibility index (Phi) is 7.99. The standard InChI is InChI=1S/C32H29FN2O4/c33-25-11-13-26(14-12-25)35(21-22-16-18-39-19-17-22)32(38)24-10-15-29(30(36)20-24)34-31(37)28-9-5-4-8-27(28)23-6-2-1-3-7-23/h1-15,20,22,36H,16-19,21H2,(H,34,37). The van der Waals surface area contributed by atoms with E-state index in [1.807, 2.05) is 42.5 Å². The molecule has 0 aliphatic carbocycles. The van der Waals surface area contributed by atoms with Crippen molar-refractivity contribution in [1.29, 1.82) is 0 Å². The highest BCUT2D eigenvalue weighted by molar-refractivity contribution is 6.10. The van der Waals surface area contributed by atoms with Crippen LogP contribution in [0, 0.1) is 11.7 Å². The van der Waals surface area contributed by atoms with Gasteiger partial charge in [-0.25, -0.2) is 4.39 Å². The minimum Gasteiger partial charge on any atom is -0.506 e. The van der Waals surface area contributed by atoms with Gasteiger partial charge in [0.15, 0.2) is 0 Å². The number of ether oxygens (including phenoxy) is 1.